The highest BCUT2D eigenvalue weighted by atomic mass is 32.1. The number of thiophene rings is 1. The Morgan fingerprint density at radius 1 is 0.345 bits per heavy atom. The molecule has 6 heteroatoms. The zero-order chi connectivity index (χ0) is 38.2. The summed E-state index contributed by atoms with van der Waals surface area (Å²) in [7, 11) is -3.21. The van der Waals surface area contributed by atoms with Crippen molar-refractivity contribution in [1.29, 1.82) is 0 Å². The van der Waals surface area contributed by atoms with Gasteiger partial charge < -0.3 is 0 Å². The number of aromatic nitrogens is 4. The molecule has 0 saturated heterocycles. The number of nitrogens with zero attached hydrogens (tertiary/aromatic N) is 4. The van der Waals surface area contributed by atoms with E-state index < -0.39 is 8.07 Å². The maximum absolute atomic E-state index is 5.88. The summed E-state index contributed by atoms with van der Waals surface area (Å²) < 4.78 is 7.20. The first-order valence-corrected chi connectivity index (χ1v) is 22.5. The van der Waals surface area contributed by atoms with Crippen molar-refractivity contribution < 1.29 is 0 Å². The van der Waals surface area contributed by atoms with Crippen molar-refractivity contribution in [2.75, 3.05) is 0 Å². The molecule has 0 unspecified atom stereocenters. The summed E-state index contributed by atoms with van der Waals surface area (Å²) in [6, 6.07) is 75.2. The highest BCUT2D eigenvalue weighted by Gasteiger charge is 2.44. The Labute approximate surface area is 339 Å². The standard InChI is InChI=1S/C52H34N4SSi/c1-3-17-35(18-4-1)58(36-19-5-2-6-20-36,37-31-32-49-43(33-37)42-25-11-16-30-48(42)57-49)51-34-50(55-44-26-12-7-21-38(44)39-22-8-13-27-45(39)55)53-52(54-51)56-46-28-14-9-23-40(46)41-24-10-15-29-47(41)56/h1-34H. The Kier molecular flexibility index (Phi) is 7.39. The number of hydrogen-bond donors (Lipinski definition) is 0. The first kappa shape index (κ1) is 33.1. The predicted octanol–water partition coefficient (Wildman–Crippen LogP) is 10.4. The third-order valence-corrected chi connectivity index (χ3v) is 17.6. The molecule has 0 aliphatic heterocycles. The quantitative estimate of drug-likeness (QED) is 0.125. The maximum Gasteiger partial charge on any atom is 0.236 e. The molecule has 12 rings (SSSR count). The van der Waals surface area contributed by atoms with Crippen molar-refractivity contribution in [2.24, 2.45) is 0 Å². The van der Waals surface area contributed by atoms with Crippen LogP contribution in [0, 0.1) is 0 Å². The van der Waals surface area contributed by atoms with Gasteiger partial charge in [0.2, 0.25) is 14.0 Å². The summed E-state index contributed by atoms with van der Waals surface area (Å²) >= 11 is 1.86. The van der Waals surface area contributed by atoms with E-state index in [9.17, 15) is 0 Å². The minimum atomic E-state index is -3.21. The van der Waals surface area contributed by atoms with Crippen molar-refractivity contribution in [3.8, 4) is 11.8 Å². The van der Waals surface area contributed by atoms with Gasteiger partial charge in [0.1, 0.15) is 5.82 Å². The van der Waals surface area contributed by atoms with Crippen molar-refractivity contribution in [3.05, 3.63) is 206 Å². The molecule has 4 heterocycles. The van der Waals surface area contributed by atoms with Gasteiger partial charge in [0.15, 0.2) is 0 Å². The van der Waals surface area contributed by atoms with Gasteiger partial charge in [-0.3, -0.25) is 9.13 Å². The molecule has 8 aromatic carbocycles. The van der Waals surface area contributed by atoms with Crippen LogP contribution in [0.1, 0.15) is 0 Å². The van der Waals surface area contributed by atoms with E-state index in [1.165, 1.54) is 57.3 Å². The molecule has 4 aromatic heterocycles. The lowest BCUT2D eigenvalue weighted by atomic mass is 10.1. The molecular weight excluding hydrogens is 741 g/mol. The fourth-order valence-corrected chi connectivity index (χ4v) is 15.1. The topological polar surface area (TPSA) is 35.6 Å². The molecule has 4 nitrogen and oxygen atoms in total. The fourth-order valence-electron chi connectivity index (χ4n) is 9.42. The molecule has 0 aliphatic carbocycles. The molecule has 0 atom stereocenters. The summed E-state index contributed by atoms with van der Waals surface area (Å²) in [4.78, 5) is 11.5. The van der Waals surface area contributed by atoms with E-state index in [2.05, 4.69) is 215 Å². The van der Waals surface area contributed by atoms with Crippen LogP contribution in [-0.4, -0.2) is 27.2 Å². The number of para-hydroxylation sites is 4. The van der Waals surface area contributed by atoms with Gasteiger partial charge in [0.25, 0.3) is 0 Å². The van der Waals surface area contributed by atoms with Gasteiger partial charge in [0, 0.05) is 47.0 Å². The lowest BCUT2D eigenvalue weighted by molar-refractivity contribution is 0.959. The molecule has 58 heavy (non-hydrogen) atoms. The highest BCUT2D eigenvalue weighted by Crippen LogP contribution is 2.35. The van der Waals surface area contributed by atoms with E-state index in [0.29, 0.717) is 5.95 Å². The number of hydrogen-bond acceptors (Lipinski definition) is 3. The molecular formula is C52H34N4SSi. The molecule has 0 spiro atoms. The second-order valence-electron chi connectivity index (χ2n) is 14.9. The SMILES string of the molecule is c1ccc([Si](c2ccccc2)(c2ccc3sc4ccccc4c3c2)c2cc(-n3c4ccccc4c4ccccc43)nc(-n3c4ccccc4c4ccccc43)n2)cc1. The van der Waals surface area contributed by atoms with Crippen LogP contribution in [-0.2, 0) is 0 Å². The second kappa shape index (κ2) is 13.0. The van der Waals surface area contributed by atoms with Crippen LogP contribution in [0.2, 0.25) is 0 Å². The Hall–Kier alpha value is -7.12. The molecule has 0 N–H and O–H groups in total. The summed E-state index contributed by atoms with van der Waals surface area (Å²) in [5, 5.41) is 12.1. The average molecular weight is 775 g/mol. The molecule has 0 aliphatic rings. The van der Waals surface area contributed by atoms with Gasteiger partial charge in [0.05, 0.1) is 22.1 Å². The van der Waals surface area contributed by atoms with Crippen molar-refractivity contribution in [1.82, 2.24) is 19.1 Å². The third kappa shape index (κ3) is 4.79. The van der Waals surface area contributed by atoms with Crippen LogP contribution in [0.4, 0.5) is 0 Å². The Balaban J connectivity index is 1.28. The zero-order valence-corrected chi connectivity index (χ0v) is 33.1. The normalized spacial score (nSPS) is 12.1. The van der Waals surface area contributed by atoms with Crippen LogP contribution >= 0.6 is 11.3 Å². The molecule has 12 aromatic rings. The van der Waals surface area contributed by atoms with E-state index in [-0.39, 0.29) is 0 Å². The number of benzene rings is 8. The molecule has 0 bridgehead atoms. The summed E-state index contributed by atoms with van der Waals surface area (Å²) in [6.07, 6.45) is 0. The molecule has 0 saturated carbocycles. The van der Waals surface area contributed by atoms with Crippen molar-refractivity contribution >= 4 is 104 Å². The molecule has 272 valence electrons. The fraction of sp³-hybridized carbons (Fsp3) is 0. The Morgan fingerprint density at radius 3 is 1.34 bits per heavy atom. The lowest BCUT2D eigenvalue weighted by Gasteiger charge is -2.34. The van der Waals surface area contributed by atoms with E-state index >= 15 is 0 Å². The van der Waals surface area contributed by atoms with Gasteiger partial charge in [-0.25, -0.2) is 4.98 Å². The monoisotopic (exact) mass is 774 g/mol. The third-order valence-electron chi connectivity index (χ3n) is 11.9. The van der Waals surface area contributed by atoms with Crippen molar-refractivity contribution in [2.45, 2.75) is 0 Å². The van der Waals surface area contributed by atoms with E-state index in [1.54, 1.807) is 0 Å². The number of rotatable bonds is 6. The second-order valence-corrected chi connectivity index (χ2v) is 19.8. The van der Waals surface area contributed by atoms with Gasteiger partial charge in [-0.05, 0) is 58.0 Å². The predicted molar refractivity (Wildman–Crippen MR) is 247 cm³/mol. The summed E-state index contributed by atoms with van der Waals surface area (Å²) in [5.74, 6) is 1.49. The molecule has 0 radical (unpaired) electrons. The van der Waals surface area contributed by atoms with E-state index in [4.69, 9.17) is 9.97 Å². The minimum Gasteiger partial charge on any atom is -0.294 e. The zero-order valence-electron chi connectivity index (χ0n) is 31.3. The Bertz CT molecular complexity index is 3250. The summed E-state index contributed by atoms with van der Waals surface area (Å²) in [5.41, 5.74) is 4.37. The largest absolute Gasteiger partial charge is 0.294 e. The summed E-state index contributed by atoms with van der Waals surface area (Å²) in [6.45, 7) is 0. The first-order valence-electron chi connectivity index (χ1n) is 19.7. The number of fused-ring (bicyclic) bond motifs is 9. The van der Waals surface area contributed by atoms with Gasteiger partial charge in [-0.15, -0.1) is 11.3 Å². The van der Waals surface area contributed by atoms with Crippen molar-refractivity contribution in [3.63, 3.8) is 0 Å². The molecule has 0 fully saturated rings. The van der Waals surface area contributed by atoms with Gasteiger partial charge in [-0.2, -0.15) is 4.98 Å². The van der Waals surface area contributed by atoms with Crippen LogP contribution in [0.5, 0.6) is 0 Å². The smallest absolute Gasteiger partial charge is 0.236 e. The highest BCUT2D eigenvalue weighted by molar-refractivity contribution is 7.26. The minimum absolute atomic E-state index is 0.651. The molecule has 0 amide bonds. The van der Waals surface area contributed by atoms with E-state index in [1.807, 2.05) is 11.3 Å². The van der Waals surface area contributed by atoms with E-state index in [0.717, 1.165) is 33.2 Å². The van der Waals surface area contributed by atoms with Crippen LogP contribution in [0.3, 0.4) is 0 Å². The van der Waals surface area contributed by atoms with Gasteiger partial charge in [-0.1, -0.05) is 164 Å². The first-order chi connectivity index (χ1) is 28.8. The average Bonchev–Trinajstić information content (AvgIpc) is 3.95. The van der Waals surface area contributed by atoms with Crippen LogP contribution in [0.15, 0.2) is 206 Å². The van der Waals surface area contributed by atoms with Gasteiger partial charge >= 0.3 is 0 Å². The van der Waals surface area contributed by atoms with Crippen LogP contribution in [0.25, 0.3) is 75.6 Å². The Morgan fingerprint density at radius 2 is 0.793 bits per heavy atom. The lowest BCUT2D eigenvalue weighted by Crippen LogP contribution is -2.75. The maximum atomic E-state index is 5.88. The van der Waals surface area contributed by atoms with Crippen LogP contribution < -0.4 is 20.9 Å².